The second-order valence-electron chi connectivity index (χ2n) is 8.05. The molecule has 0 bridgehead atoms. The molecule has 1 amide bonds. The van der Waals surface area contributed by atoms with Gasteiger partial charge in [-0.05, 0) is 60.1 Å². The minimum atomic E-state index is -0.224. The number of hydrogen-bond donors (Lipinski definition) is 2. The summed E-state index contributed by atoms with van der Waals surface area (Å²) in [7, 11) is 0. The lowest BCUT2D eigenvalue weighted by Crippen LogP contribution is -2.16. The van der Waals surface area contributed by atoms with Gasteiger partial charge in [-0.3, -0.25) is 4.79 Å². The van der Waals surface area contributed by atoms with Gasteiger partial charge in [0.2, 0.25) is 5.91 Å². The van der Waals surface area contributed by atoms with Crippen LogP contribution in [0, 0.1) is 11.7 Å². The van der Waals surface area contributed by atoms with Crippen molar-refractivity contribution in [3.63, 3.8) is 0 Å². The normalized spacial score (nSPS) is 14.2. The lowest BCUT2D eigenvalue weighted by molar-refractivity contribution is -0.116. The molecule has 3 rings (SSSR count). The van der Waals surface area contributed by atoms with E-state index in [0.717, 1.165) is 47.7 Å². The second kappa shape index (κ2) is 10.4. The maximum Gasteiger partial charge on any atom is 0.224 e. The van der Waals surface area contributed by atoms with Crippen molar-refractivity contribution in [2.75, 3.05) is 10.6 Å². The van der Waals surface area contributed by atoms with Crippen LogP contribution >= 0.6 is 0 Å². The Hall–Kier alpha value is -2.36. The molecule has 29 heavy (non-hydrogen) atoms. The van der Waals surface area contributed by atoms with Crippen LogP contribution in [0.3, 0.4) is 0 Å². The first-order valence-electron chi connectivity index (χ1n) is 11.0. The maximum absolute atomic E-state index is 13.1. The Kier molecular flexibility index (Phi) is 7.68. The summed E-state index contributed by atoms with van der Waals surface area (Å²) >= 11 is 0. The van der Waals surface area contributed by atoms with E-state index in [9.17, 15) is 9.18 Å². The average molecular weight is 397 g/mol. The van der Waals surface area contributed by atoms with Gasteiger partial charge in [-0.2, -0.15) is 0 Å². The Morgan fingerprint density at radius 1 is 1.03 bits per heavy atom. The third kappa shape index (κ3) is 5.81. The Morgan fingerprint density at radius 3 is 2.41 bits per heavy atom. The van der Waals surface area contributed by atoms with Crippen molar-refractivity contribution in [1.29, 1.82) is 0 Å². The van der Waals surface area contributed by atoms with Gasteiger partial charge in [-0.25, -0.2) is 4.39 Å². The number of benzene rings is 2. The zero-order chi connectivity index (χ0) is 20.6. The predicted octanol–water partition coefficient (Wildman–Crippen LogP) is 6.47. The highest BCUT2D eigenvalue weighted by Crippen LogP contribution is 2.32. The Bertz CT molecular complexity index is 810. The molecule has 1 saturated carbocycles. The molecular weight excluding hydrogens is 363 g/mol. The van der Waals surface area contributed by atoms with Crippen LogP contribution in [0.5, 0.6) is 0 Å². The molecule has 0 radical (unpaired) electrons. The quantitative estimate of drug-likeness (QED) is 0.510. The molecule has 156 valence electrons. The fourth-order valence-corrected chi connectivity index (χ4v) is 4.32. The average Bonchev–Trinajstić information content (AvgIpc) is 3.25. The molecule has 1 aliphatic carbocycles. The van der Waals surface area contributed by atoms with E-state index in [2.05, 4.69) is 36.6 Å². The summed E-state index contributed by atoms with van der Waals surface area (Å²) in [5, 5.41) is 6.69. The first-order valence-corrected chi connectivity index (χ1v) is 11.0. The van der Waals surface area contributed by atoms with Gasteiger partial charge < -0.3 is 10.6 Å². The van der Waals surface area contributed by atoms with Gasteiger partial charge in [0.05, 0.1) is 0 Å². The first kappa shape index (κ1) is 21.4. The molecule has 0 heterocycles. The molecule has 0 saturated heterocycles. The van der Waals surface area contributed by atoms with Crippen LogP contribution in [0.4, 0.5) is 15.8 Å². The van der Waals surface area contributed by atoms with Gasteiger partial charge in [0.1, 0.15) is 5.82 Å². The third-order valence-electron chi connectivity index (χ3n) is 6.05. The Labute approximate surface area is 174 Å². The highest BCUT2D eigenvalue weighted by Gasteiger charge is 2.18. The van der Waals surface area contributed by atoms with Crippen molar-refractivity contribution in [2.45, 2.75) is 71.8 Å². The summed E-state index contributed by atoms with van der Waals surface area (Å²) in [5.74, 6) is 0.621. The summed E-state index contributed by atoms with van der Waals surface area (Å²) < 4.78 is 13.1. The molecule has 0 atom stereocenters. The molecule has 1 aliphatic rings. The summed E-state index contributed by atoms with van der Waals surface area (Å²) in [4.78, 5) is 12.7. The highest BCUT2D eigenvalue weighted by atomic mass is 19.1. The molecule has 0 unspecified atom stereocenters. The van der Waals surface area contributed by atoms with Crippen molar-refractivity contribution >= 4 is 17.3 Å². The molecule has 2 N–H and O–H groups in total. The fourth-order valence-electron chi connectivity index (χ4n) is 4.32. The highest BCUT2D eigenvalue weighted by molar-refractivity contribution is 5.93. The Balaban J connectivity index is 1.71. The maximum atomic E-state index is 13.1. The lowest BCUT2D eigenvalue weighted by Gasteiger charge is -2.20. The van der Waals surface area contributed by atoms with Crippen LogP contribution in [0.2, 0.25) is 0 Å². The standard InChI is InChI=1S/C25H33FN2O/c1-3-20-12-15-23(27-17-19-9-13-21(26)14-10-19)22(4-2)25(20)28-24(29)16-11-18-7-5-6-8-18/h9-10,12-15,18,27H,3-8,11,16-17H2,1-2H3,(H,28,29). The topological polar surface area (TPSA) is 41.1 Å². The van der Waals surface area contributed by atoms with E-state index in [4.69, 9.17) is 0 Å². The van der Waals surface area contributed by atoms with Crippen molar-refractivity contribution in [3.05, 3.63) is 58.9 Å². The molecule has 2 aromatic rings. The number of aryl methyl sites for hydroxylation is 1. The molecule has 1 fully saturated rings. The third-order valence-corrected chi connectivity index (χ3v) is 6.05. The molecule has 0 spiro atoms. The molecule has 0 aliphatic heterocycles. The van der Waals surface area contributed by atoms with Crippen LogP contribution in [-0.4, -0.2) is 5.91 Å². The summed E-state index contributed by atoms with van der Waals surface area (Å²) in [6, 6.07) is 10.7. The number of carbonyl (C=O) groups is 1. The van der Waals surface area contributed by atoms with E-state index in [1.807, 2.05) is 0 Å². The molecule has 4 heteroatoms. The van der Waals surface area contributed by atoms with Gasteiger partial charge in [-0.15, -0.1) is 0 Å². The predicted molar refractivity (Wildman–Crippen MR) is 119 cm³/mol. The summed E-state index contributed by atoms with van der Waals surface area (Å²) in [6.45, 7) is 4.86. The van der Waals surface area contributed by atoms with Gasteiger partial charge in [-0.1, -0.05) is 57.7 Å². The van der Waals surface area contributed by atoms with Crippen LogP contribution in [-0.2, 0) is 24.2 Å². The summed E-state index contributed by atoms with van der Waals surface area (Å²) in [6.07, 6.45) is 8.48. The first-order chi connectivity index (χ1) is 14.1. The number of rotatable bonds is 9. The second-order valence-corrected chi connectivity index (χ2v) is 8.05. The largest absolute Gasteiger partial charge is 0.381 e. The van der Waals surface area contributed by atoms with E-state index in [1.54, 1.807) is 12.1 Å². The van der Waals surface area contributed by atoms with Crippen LogP contribution in [0.1, 0.15) is 69.1 Å². The van der Waals surface area contributed by atoms with E-state index < -0.39 is 0 Å². The summed E-state index contributed by atoms with van der Waals surface area (Å²) in [5.41, 5.74) is 5.33. The number of anilines is 2. The molecule has 2 aromatic carbocycles. The number of carbonyl (C=O) groups excluding carboxylic acids is 1. The fraction of sp³-hybridized carbons (Fsp3) is 0.480. The number of hydrogen-bond acceptors (Lipinski definition) is 2. The monoisotopic (exact) mass is 396 g/mol. The number of amides is 1. The molecular formula is C25H33FN2O. The van der Waals surface area contributed by atoms with Crippen molar-refractivity contribution in [2.24, 2.45) is 5.92 Å². The van der Waals surface area contributed by atoms with E-state index >= 15 is 0 Å². The van der Waals surface area contributed by atoms with Crippen LogP contribution in [0.15, 0.2) is 36.4 Å². The number of halogens is 1. The van der Waals surface area contributed by atoms with Gasteiger partial charge in [0.15, 0.2) is 0 Å². The van der Waals surface area contributed by atoms with E-state index in [-0.39, 0.29) is 11.7 Å². The molecule has 3 nitrogen and oxygen atoms in total. The minimum Gasteiger partial charge on any atom is -0.381 e. The van der Waals surface area contributed by atoms with Crippen molar-refractivity contribution < 1.29 is 9.18 Å². The zero-order valence-electron chi connectivity index (χ0n) is 17.7. The smallest absolute Gasteiger partial charge is 0.224 e. The van der Waals surface area contributed by atoms with E-state index in [0.29, 0.717) is 13.0 Å². The van der Waals surface area contributed by atoms with Gasteiger partial charge >= 0.3 is 0 Å². The van der Waals surface area contributed by atoms with Crippen molar-refractivity contribution in [3.8, 4) is 0 Å². The minimum absolute atomic E-state index is 0.122. The SMILES string of the molecule is CCc1ccc(NCc2ccc(F)cc2)c(CC)c1NC(=O)CCC1CCCC1. The van der Waals surface area contributed by atoms with Gasteiger partial charge in [0, 0.05) is 24.3 Å². The number of nitrogens with one attached hydrogen (secondary N) is 2. The van der Waals surface area contributed by atoms with Crippen molar-refractivity contribution in [1.82, 2.24) is 0 Å². The molecule has 0 aromatic heterocycles. The Morgan fingerprint density at radius 2 is 1.76 bits per heavy atom. The lowest BCUT2D eigenvalue weighted by atomic mass is 9.99. The van der Waals surface area contributed by atoms with Gasteiger partial charge in [0.25, 0.3) is 0 Å². The van der Waals surface area contributed by atoms with Crippen LogP contribution in [0.25, 0.3) is 0 Å². The van der Waals surface area contributed by atoms with E-state index in [1.165, 1.54) is 43.4 Å². The zero-order valence-corrected chi connectivity index (χ0v) is 17.7. The van der Waals surface area contributed by atoms with Crippen LogP contribution < -0.4 is 10.6 Å².